The van der Waals surface area contributed by atoms with Crippen LogP contribution in [0.1, 0.15) is 19.3 Å². The van der Waals surface area contributed by atoms with Gasteiger partial charge in [-0.3, -0.25) is 0 Å². The van der Waals surface area contributed by atoms with Gasteiger partial charge in [0.1, 0.15) is 0 Å². The van der Waals surface area contributed by atoms with Crippen molar-refractivity contribution in [3.63, 3.8) is 0 Å². The van der Waals surface area contributed by atoms with Crippen molar-refractivity contribution >= 4 is 0 Å². The molecule has 2 rings (SSSR count). The highest BCUT2D eigenvalue weighted by atomic mass is 14.5. The fourth-order valence-corrected chi connectivity index (χ4v) is 2.08. The zero-order valence-electron chi connectivity index (χ0n) is 5.64. The van der Waals surface area contributed by atoms with E-state index in [0.29, 0.717) is 0 Å². The summed E-state index contributed by atoms with van der Waals surface area (Å²) in [5.41, 5.74) is 1.68. The summed E-state index contributed by atoms with van der Waals surface area (Å²) >= 11 is 0. The molecule has 0 amide bonds. The summed E-state index contributed by atoms with van der Waals surface area (Å²) in [6.45, 7) is 3.69. The van der Waals surface area contributed by atoms with E-state index in [1.54, 1.807) is 5.57 Å². The van der Waals surface area contributed by atoms with Crippen molar-refractivity contribution < 1.29 is 0 Å². The molecule has 2 fully saturated rings. The highest BCUT2D eigenvalue weighted by Gasteiger charge is 2.46. The lowest BCUT2D eigenvalue weighted by molar-refractivity contribution is 0.793. The fourth-order valence-electron chi connectivity index (χ4n) is 2.08. The van der Waals surface area contributed by atoms with E-state index in [-0.39, 0.29) is 0 Å². The van der Waals surface area contributed by atoms with Crippen molar-refractivity contribution in [3.8, 4) is 0 Å². The Balaban J connectivity index is 2.09. The smallest absolute Gasteiger partial charge is 0.0131 e. The van der Waals surface area contributed by atoms with Gasteiger partial charge in [0.2, 0.25) is 0 Å². The summed E-state index contributed by atoms with van der Waals surface area (Å²) in [5, 5.41) is 0. The third kappa shape index (κ3) is 0.658. The van der Waals surface area contributed by atoms with Crippen LogP contribution >= 0.6 is 0 Å². The van der Waals surface area contributed by atoms with Crippen LogP contribution in [0.4, 0.5) is 0 Å². The van der Waals surface area contributed by atoms with Crippen LogP contribution in [0.3, 0.4) is 0 Å². The molecule has 48 valence electrons. The van der Waals surface area contributed by atoms with Crippen LogP contribution in [0, 0.1) is 11.8 Å². The lowest BCUT2D eigenvalue weighted by atomic mass is 10.2. The van der Waals surface area contributed by atoms with E-state index in [1.165, 1.54) is 19.3 Å². The van der Waals surface area contributed by atoms with Gasteiger partial charge >= 0.3 is 0 Å². The normalized spacial score (nSPS) is 38.0. The number of rotatable bonds is 1. The van der Waals surface area contributed by atoms with Gasteiger partial charge in [-0.15, -0.1) is 0 Å². The van der Waals surface area contributed by atoms with Gasteiger partial charge in [0.25, 0.3) is 0 Å². The maximum absolute atomic E-state index is 3.69. The van der Waals surface area contributed by atoms with Crippen LogP contribution in [-0.4, -0.2) is 0 Å². The Morgan fingerprint density at radius 3 is 2.56 bits per heavy atom. The van der Waals surface area contributed by atoms with E-state index >= 15 is 0 Å². The largest absolute Gasteiger partial charge is 0.0991 e. The molecule has 0 heteroatoms. The lowest BCUT2D eigenvalue weighted by Crippen LogP contribution is -1.70. The topological polar surface area (TPSA) is 0 Å². The number of fused-ring (bicyclic) bond motifs is 1. The molecule has 0 radical (unpaired) electrons. The average molecular weight is 120 g/mol. The summed E-state index contributed by atoms with van der Waals surface area (Å²) < 4.78 is 0. The minimum Gasteiger partial charge on any atom is -0.0991 e. The molecule has 0 heterocycles. The summed E-state index contributed by atoms with van der Waals surface area (Å²) in [6, 6.07) is 0. The van der Waals surface area contributed by atoms with Crippen molar-refractivity contribution in [1.82, 2.24) is 0 Å². The number of hydrogen-bond acceptors (Lipinski definition) is 0. The van der Waals surface area contributed by atoms with Crippen LogP contribution < -0.4 is 0 Å². The second-order valence-corrected chi connectivity index (χ2v) is 3.05. The van der Waals surface area contributed by atoms with E-state index in [1.807, 2.05) is 6.08 Å². The molecular formula is C9H12. The van der Waals surface area contributed by atoms with Gasteiger partial charge in [0.05, 0.1) is 0 Å². The second kappa shape index (κ2) is 1.73. The van der Waals surface area contributed by atoms with Gasteiger partial charge in [-0.1, -0.05) is 30.7 Å². The Hall–Kier alpha value is -0.520. The predicted octanol–water partition coefficient (Wildman–Crippen LogP) is 2.53. The van der Waals surface area contributed by atoms with Crippen LogP contribution in [0.25, 0.3) is 0 Å². The summed E-state index contributed by atoms with van der Waals surface area (Å²) in [4.78, 5) is 0. The highest BCUT2D eigenvalue weighted by Crippen LogP contribution is 2.56. The molecule has 2 saturated carbocycles. The summed E-state index contributed by atoms with van der Waals surface area (Å²) in [5.74, 6) is 1.98. The quantitative estimate of drug-likeness (QED) is 0.499. The standard InChI is InChI=1S/C9H12/c1-2-4-7-8-5-3-6-9(7)8/h2,4,8-9H,1,3,5-6H2. The van der Waals surface area contributed by atoms with Crippen molar-refractivity contribution in [3.05, 3.63) is 24.3 Å². The average Bonchev–Trinajstić information content (AvgIpc) is 2.39. The first-order valence-electron chi connectivity index (χ1n) is 3.76. The Morgan fingerprint density at radius 1 is 1.33 bits per heavy atom. The van der Waals surface area contributed by atoms with Gasteiger partial charge in [-0.05, 0) is 24.7 Å². The zero-order valence-corrected chi connectivity index (χ0v) is 5.64. The monoisotopic (exact) mass is 120 g/mol. The SMILES string of the molecule is C=CC=C1C2CCCC12. The fraction of sp³-hybridized carbons (Fsp3) is 0.556. The molecule has 0 nitrogen and oxygen atoms in total. The molecule has 0 aromatic rings. The Morgan fingerprint density at radius 2 is 2.00 bits per heavy atom. The minimum atomic E-state index is 0.989. The first kappa shape index (κ1) is 5.28. The van der Waals surface area contributed by atoms with E-state index in [2.05, 4.69) is 12.7 Å². The molecule has 9 heavy (non-hydrogen) atoms. The zero-order chi connectivity index (χ0) is 6.27. The van der Waals surface area contributed by atoms with Gasteiger partial charge < -0.3 is 0 Å². The first-order valence-corrected chi connectivity index (χ1v) is 3.76. The molecule has 0 aromatic heterocycles. The van der Waals surface area contributed by atoms with Crippen molar-refractivity contribution in [2.45, 2.75) is 19.3 Å². The Labute approximate surface area is 56.3 Å². The molecule has 0 saturated heterocycles. The maximum Gasteiger partial charge on any atom is -0.0131 e. The first-order chi connectivity index (χ1) is 4.43. The van der Waals surface area contributed by atoms with Gasteiger partial charge in [-0.25, -0.2) is 0 Å². The van der Waals surface area contributed by atoms with E-state index < -0.39 is 0 Å². The summed E-state index contributed by atoms with van der Waals surface area (Å²) in [6.07, 6.45) is 8.49. The molecule has 2 aliphatic rings. The number of allylic oxidation sites excluding steroid dienone is 3. The molecule has 0 aromatic carbocycles. The molecule has 0 aliphatic heterocycles. The summed E-state index contributed by atoms with van der Waals surface area (Å²) in [7, 11) is 0. The van der Waals surface area contributed by atoms with Gasteiger partial charge in [0.15, 0.2) is 0 Å². The van der Waals surface area contributed by atoms with Crippen LogP contribution in [-0.2, 0) is 0 Å². The highest BCUT2D eigenvalue weighted by molar-refractivity contribution is 5.34. The molecular weight excluding hydrogens is 108 g/mol. The van der Waals surface area contributed by atoms with E-state index in [0.717, 1.165) is 11.8 Å². The van der Waals surface area contributed by atoms with Crippen LogP contribution in [0.2, 0.25) is 0 Å². The van der Waals surface area contributed by atoms with E-state index in [4.69, 9.17) is 0 Å². The number of hydrogen-bond donors (Lipinski definition) is 0. The molecule has 2 aliphatic carbocycles. The van der Waals surface area contributed by atoms with Gasteiger partial charge in [-0.2, -0.15) is 0 Å². The Bertz CT molecular complexity index is 153. The predicted molar refractivity (Wildman–Crippen MR) is 39.1 cm³/mol. The molecule has 0 N–H and O–H groups in total. The van der Waals surface area contributed by atoms with Gasteiger partial charge in [0, 0.05) is 0 Å². The van der Waals surface area contributed by atoms with Crippen molar-refractivity contribution in [2.24, 2.45) is 11.8 Å². The van der Waals surface area contributed by atoms with Crippen LogP contribution in [0.15, 0.2) is 24.3 Å². The molecule has 0 spiro atoms. The third-order valence-electron chi connectivity index (χ3n) is 2.57. The van der Waals surface area contributed by atoms with Crippen LogP contribution in [0.5, 0.6) is 0 Å². The van der Waals surface area contributed by atoms with E-state index in [9.17, 15) is 0 Å². The maximum atomic E-state index is 3.69. The second-order valence-electron chi connectivity index (χ2n) is 3.05. The minimum absolute atomic E-state index is 0.989. The molecule has 2 unspecified atom stereocenters. The molecule has 0 bridgehead atoms. The lowest BCUT2D eigenvalue weighted by Gasteiger charge is -1.87. The Kier molecular flexibility index (Phi) is 1.01. The molecule has 2 atom stereocenters. The van der Waals surface area contributed by atoms with Crippen molar-refractivity contribution in [1.29, 1.82) is 0 Å². The van der Waals surface area contributed by atoms with Crippen molar-refractivity contribution in [2.75, 3.05) is 0 Å². The third-order valence-corrected chi connectivity index (χ3v) is 2.57.